The van der Waals surface area contributed by atoms with Gasteiger partial charge in [-0.3, -0.25) is 15.0 Å². The SMILES string of the molecule is C=C(Cc1ccccc1)N/N=C(\C)C(=O)N[C@H]1CNc2ccc(CCC=O)cc2N(C)C1=O.C=C/C=C\c1ccc(C)cc1C. The van der Waals surface area contributed by atoms with E-state index in [2.05, 4.69) is 72.4 Å². The number of likely N-dealkylation sites (N-methyl/N-ethyl adjacent to an activating group) is 1. The Morgan fingerprint density at radius 2 is 1.84 bits per heavy atom. The van der Waals surface area contributed by atoms with E-state index in [0.717, 1.165) is 23.1 Å². The van der Waals surface area contributed by atoms with Crippen LogP contribution in [0.25, 0.3) is 6.08 Å². The molecule has 1 heterocycles. The third-order valence-corrected chi connectivity index (χ3v) is 7.21. The van der Waals surface area contributed by atoms with E-state index in [0.29, 0.717) is 30.6 Å². The maximum Gasteiger partial charge on any atom is 0.267 e. The van der Waals surface area contributed by atoms with Crippen molar-refractivity contribution in [2.75, 3.05) is 23.8 Å². The first-order chi connectivity index (χ1) is 21.6. The predicted octanol–water partition coefficient (Wildman–Crippen LogP) is 5.92. The van der Waals surface area contributed by atoms with Crippen LogP contribution in [0.2, 0.25) is 0 Å². The van der Waals surface area contributed by atoms with E-state index in [4.69, 9.17) is 0 Å². The van der Waals surface area contributed by atoms with Gasteiger partial charge in [0.25, 0.3) is 11.8 Å². The van der Waals surface area contributed by atoms with Crippen molar-refractivity contribution in [1.29, 1.82) is 0 Å². The van der Waals surface area contributed by atoms with Crippen LogP contribution in [0.15, 0.2) is 103 Å². The van der Waals surface area contributed by atoms with E-state index in [1.165, 1.54) is 21.6 Å². The molecule has 45 heavy (non-hydrogen) atoms. The lowest BCUT2D eigenvalue weighted by Gasteiger charge is -2.21. The molecule has 0 radical (unpaired) electrons. The van der Waals surface area contributed by atoms with Gasteiger partial charge < -0.3 is 20.3 Å². The lowest BCUT2D eigenvalue weighted by molar-refractivity contribution is -0.124. The molecule has 2 amide bonds. The molecule has 3 aromatic rings. The molecule has 0 aromatic heterocycles. The number of nitrogens with one attached hydrogen (secondary N) is 3. The van der Waals surface area contributed by atoms with Crippen molar-refractivity contribution in [2.45, 2.75) is 46.1 Å². The zero-order valence-corrected chi connectivity index (χ0v) is 26.6. The maximum absolute atomic E-state index is 13.0. The molecule has 1 aliphatic rings. The molecule has 8 heteroatoms. The second kappa shape index (κ2) is 17.2. The summed E-state index contributed by atoms with van der Waals surface area (Å²) >= 11 is 0. The average Bonchev–Trinajstić information content (AvgIpc) is 3.15. The van der Waals surface area contributed by atoms with Crippen LogP contribution in [0.4, 0.5) is 11.4 Å². The minimum absolute atomic E-state index is 0.192. The Hall–Kier alpha value is -5.24. The summed E-state index contributed by atoms with van der Waals surface area (Å²) in [6.45, 7) is 13.6. The summed E-state index contributed by atoms with van der Waals surface area (Å²) in [5.41, 5.74) is 11.1. The predicted molar refractivity (Wildman–Crippen MR) is 185 cm³/mol. The Bertz CT molecular complexity index is 1580. The molecular weight excluding hydrogens is 562 g/mol. The van der Waals surface area contributed by atoms with Gasteiger partial charge in [0.1, 0.15) is 18.0 Å². The minimum atomic E-state index is -0.758. The van der Waals surface area contributed by atoms with Gasteiger partial charge in [0.15, 0.2) is 0 Å². The van der Waals surface area contributed by atoms with Crippen LogP contribution in [0.3, 0.4) is 0 Å². The molecule has 0 saturated heterocycles. The second-order valence-corrected chi connectivity index (χ2v) is 10.9. The normalized spacial score (nSPS) is 14.3. The number of benzene rings is 3. The topological polar surface area (TPSA) is 103 Å². The highest BCUT2D eigenvalue weighted by Gasteiger charge is 2.29. The zero-order chi connectivity index (χ0) is 32.8. The van der Waals surface area contributed by atoms with Gasteiger partial charge in [-0.1, -0.05) is 91.5 Å². The van der Waals surface area contributed by atoms with Crippen molar-refractivity contribution in [1.82, 2.24) is 10.7 Å². The van der Waals surface area contributed by atoms with Crippen LogP contribution in [-0.4, -0.2) is 43.4 Å². The zero-order valence-electron chi connectivity index (χ0n) is 26.6. The van der Waals surface area contributed by atoms with E-state index in [1.807, 2.05) is 54.6 Å². The molecule has 0 saturated carbocycles. The Morgan fingerprint density at radius 1 is 1.09 bits per heavy atom. The van der Waals surface area contributed by atoms with Gasteiger partial charge in [-0.15, -0.1) is 0 Å². The first-order valence-electron chi connectivity index (χ1n) is 14.9. The van der Waals surface area contributed by atoms with Crippen LogP contribution >= 0.6 is 0 Å². The van der Waals surface area contributed by atoms with Crippen molar-refractivity contribution < 1.29 is 14.4 Å². The third-order valence-electron chi connectivity index (χ3n) is 7.21. The molecule has 4 rings (SSSR count). The van der Waals surface area contributed by atoms with E-state index < -0.39 is 11.9 Å². The Balaban J connectivity index is 0.000000385. The largest absolute Gasteiger partial charge is 0.381 e. The molecule has 234 valence electrons. The number of hydrazone groups is 1. The highest BCUT2D eigenvalue weighted by Crippen LogP contribution is 2.29. The molecule has 0 unspecified atom stereocenters. The standard InChI is InChI=1S/C25H29N5O3.C12H14/c1-17(14-19-8-5-4-6-9-19)28-29-18(2)24(32)27-22-16-26-21-12-11-20(10-7-13-31)15-23(21)30(3)25(22)33;1-4-5-6-12-8-7-10(2)9-11(12)3/h4-6,8-9,11-13,15,22,26,28H,1,7,10,14,16H2,2-3H3,(H,27,32);4-9H,1H2,2-3H3/b29-18+;6-5-/t22-;/m0./s1. The summed E-state index contributed by atoms with van der Waals surface area (Å²) in [5, 5.41) is 10.1. The number of aryl methyl sites for hydroxylation is 3. The fourth-order valence-corrected chi connectivity index (χ4v) is 4.69. The summed E-state index contributed by atoms with van der Waals surface area (Å²) in [5.74, 6) is -0.683. The number of rotatable bonds is 11. The van der Waals surface area contributed by atoms with Crippen molar-refractivity contribution >= 4 is 41.3 Å². The fourth-order valence-electron chi connectivity index (χ4n) is 4.69. The minimum Gasteiger partial charge on any atom is -0.381 e. The van der Waals surface area contributed by atoms with Crippen LogP contribution in [0.1, 0.15) is 41.2 Å². The van der Waals surface area contributed by atoms with E-state index in [9.17, 15) is 14.4 Å². The van der Waals surface area contributed by atoms with Crippen molar-refractivity contribution in [3.63, 3.8) is 0 Å². The van der Waals surface area contributed by atoms with Gasteiger partial charge in [0, 0.05) is 32.1 Å². The number of anilines is 2. The summed E-state index contributed by atoms with van der Waals surface area (Å²) in [6.07, 6.45) is 8.31. The van der Waals surface area contributed by atoms with Gasteiger partial charge in [-0.25, -0.2) is 0 Å². The van der Waals surface area contributed by atoms with E-state index in [1.54, 1.807) is 20.0 Å². The molecule has 8 nitrogen and oxygen atoms in total. The van der Waals surface area contributed by atoms with Crippen molar-refractivity contribution in [3.05, 3.63) is 126 Å². The Kier molecular flexibility index (Phi) is 13.1. The van der Waals surface area contributed by atoms with Crippen molar-refractivity contribution in [3.8, 4) is 0 Å². The van der Waals surface area contributed by atoms with Crippen molar-refractivity contribution in [2.24, 2.45) is 5.10 Å². The van der Waals surface area contributed by atoms with Crippen LogP contribution < -0.4 is 21.0 Å². The number of fused-ring (bicyclic) bond motifs is 1. The smallest absolute Gasteiger partial charge is 0.267 e. The molecule has 3 N–H and O–H groups in total. The van der Waals surface area contributed by atoms with Gasteiger partial charge in [-0.2, -0.15) is 5.10 Å². The molecule has 0 bridgehead atoms. The lowest BCUT2D eigenvalue weighted by atomic mass is 10.1. The second-order valence-electron chi connectivity index (χ2n) is 10.9. The summed E-state index contributed by atoms with van der Waals surface area (Å²) in [6, 6.07) is 21.2. The summed E-state index contributed by atoms with van der Waals surface area (Å²) in [4.78, 5) is 37.8. The third kappa shape index (κ3) is 10.5. The number of hydrogen-bond donors (Lipinski definition) is 3. The van der Waals surface area contributed by atoms with Crippen LogP contribution in [0, 0.1) is 13.8 Å². The highest BCUT2D eigenvalue weighted by molar-refractivity contribution is 6.38. The number of hydrogen-bond acceptors (Lipinski definition) is 6. The quantitative estimate of drug-likeness (QED) is 0.109. The van der Waals surface area contributed by atoms with Gasteiger partial charge in [-0.05, 0) is 61.6 Å². The average molecular weight is 606 g/mol. The molecule has 1 aliphatic heterocycles. The number of carbonyl (C=O) groups is 3. The first-order valence-corrected chi connectivity index (χ1v) is 14.9. The van der Waals surface area contributed by atoms with E-state index in [-0.39, 0.29) is 18.2 Å². The Labute approximate surface area is 266 Å². The molecule has 0 fully saturated rings. The summed E-state index contributed by atoms with van der Waals surface area (Å²) in [7, 11) is 1.67. The molecule has 0 spiro atoms. The number of carbonyl (C=O) groups excluding carboxylic acids is 3. The summed E-state index contributed by atoms with van der Waals surface area (Å²) < 4.78 is 0. The molecular formula is C37H43N5O3. The number of allylic oxidation sites excluding steroid dienone is 3. The Morgan fingerprint density at radius 3 is 2.53 bits per heavy atom. The van der Waals surface area contributed by atoms with Gasteiger partial charge >= 0.3 is 0 Å². The van der Waals surface area contributed by atoms with Gasteiger partial charge in [0.05, 0.1) is 11.4 Å². The number of amides is 2. The van der Waals surface area contributed by atoms with Gasteiger partial charge in [0.2, 0.25) is 0 Å². The van der Waals surface area contributed by atoms with E-state index >= 15 is 0 Å². The molecule has 3 aromatic carbocycles. The maximum atomic E-state index is 13.0. The number of aldehydes is 1. The highest BCUT2D eigenvalue weighted by atomic mass is 16.2. The monoisotopic (exact) mass is 605 g/mol. The van der Waals surface area contributed by atoms with Crippen LogP contribution in [0.5, 0.6) is 0 Å². The lowest BCUT2D eigenvalue weighted by Crippen LogP contribution is -2.51. The molecule has 1 atom stereocenters. The number of nitrogens with zero attached hydrogens (tertiary/aromatic N) is 2. The fraction of sp³-hybridized carbons (Fsp3) is 0.243. The molecule has 0 aliphatic carbocycles. The first kappa shape index (κ1) is 34.3. The van der Waals surface area contributed by atoms with Crippen LogP contribution in [-0.2, 0) is 27.2 Å².